The van der Waals surface area contributed by atoms with Crippen LogP contribution in [-0.2, 0) is 4.79 Å². The minimum Gasteiger partial charge on any atom is -0.396 e. The summed E-state index contributed by atoms with van der Waals surface area (Å²) in [4.78, 5) is 12.3. The van der Waals surface area contributed by atoms with Crippen molar-refractivity contribution in [3.8, 4) is 0 Å². The Labute approximate surface area is 111 Å². The molecular weight excluding hydrogens is 226 g/mol. The van der Waals surface area contributed by atoms with Gasteiger partial charge in [-0.1, -0.05) is 40.0 Å². The molecule has 18 heavy (non-hydrogen) atoms. The minimum atomic E-state index is 0.122. The summed E-state index contributed by atoms with van der Waals surface area (Å²) in [7, 11) is 0. The lowest BCUT2D eigenvalue weighted by Gasteiger charge is -2.32. The largest absolute Gasteiger partial charge is 0.396 e. The van der Waals surface area contributed by atoms with Gasteiger partial charge in [0.15, 0.2) is 0 Å². The molecule has 0 saturated heterocycles. The summed E-state index contributed by atoms with van der Waals surface area (Å²) in [6, 6.07) is 0.189. The van der Waals surface area contributed by atoms with Crippen LogP contribution in [-0.4, -0.2) is 23.7 Å². The Morgan fingerprint density at radius 2 is 2.00 bits per heavy atom. The maximum atomic E-state index is 12.3. The first kappa shape index (κ1) is 15.5. The van der Waals surface area contributed by atoms with Crippen LogP contribution >= 0.6 is 0 Å². The first-order valence-electron chi connectivity index (χ1n) is 7.51. The number of nitrogens with one attached hydrogen (secondary N) is 1. The highest BCUT2D eigenvalue weighted by atomic mass is 16.3. The summed E-state index contributed by atoms with van der Waals surface area (Å²) in [5.41, 5.74) is 0. The van der Waals surface area contributed by atoms with E-state index in [4.69, 9.17) is 0 Å². The Balaban J connectivity index is 2.55. The number of rotatable bonds is 6. The molecule has 3 unspecified atom stereocenters. The van der Waals surface area contributed by atoms with Gasteiger partial charge in [-0.25, -0.2) is 0 Å². The topological polar surface area (TPSA) is 49.3 Å². The predicted octanol–water partition coefficient (Wildman–Crippen LogP) is 2.73. The molecule has 1 amide bonds. The molecule has 1 aliphatic carbocycles. The molecule has 1 saturated carbocycles. The zero-order chi connectivity index (χ0) is 13.5. The van der Waals surface area contributed by atoms with Gasteiger partial charge in [-0.05, 0) is 25.2 Å². The highest BCUT2D eigenvalue weighted by Crippen LogP contribution is 2.25. The standard InChI is InChI=1S/C15H29NO2/c1-4-7-13(11(2)3)15(18)16-14-9-6-5-8-12(14)10-17/h11-14,17H,4-10H2,1-3H3,(H,16,18). The van der Waals surface area contributed by atoms with E-state index >= 15 is 0 Å². The van der Waals surface area contributed by atoms with Crippen LogP contribution in [0.1, 0.15) is 59.3 Å². The van der Waals surface area contributed by atoms with Gasteiger partial charge >= 0.3 is 0 Å². The lowest BCUT2D eigenvalue weighted by atomic mass is 9.83. The fourth-order valence-corrected chi connectivity index (χ4v) is 2.98. The highest BCUT2D eigenvalue weighted by molar-refractivity contribution is 5.79. The average molecular weight is 255 g/mol. The zero-order valence-electron chi connectivity index (χ0n) is 12.1. The number of aliphatic hydroxyl groups is 1. The van der Waals surface area contributed by atoms with Gasteiger partial charge < -0.3 is 10.4 Å². The number of hydrogen-bond donors (Lipinski definition) is 2. The van der Waals surface area contributed by atoms with Gasteiger partial charge in [-0.2, -0.15) is 0 Å². The first-order valence-corrected chi connectivity index (χ1v) is 7.51. The molecule has 0 spiro atoms. The van der Waals surface area contributed by atoms with Gasteiger partial charge in [0.2, 0.25) is 5.91 Å². The average Bonchev–Trinajstić information content (AvgIpc) is 2.36. The Kier molecular flexibility index (Phi) is 6.69. The van der Waals surface area contributed by atoms with Crippen molar-refractivity contribution >= 4 is 5.91 Å². The molecule has 0 aromatic rings. The van der Waals surface area contributed by atoms with Crippen LogP contribution in [0.3, 0.4) is 0 Å². The number of aliphatic hydroxyl groups excluding tert-OH is 1. The third-order valence-electron chi connectivity index (χ3n) is 4.21. The van der Waals surface area contributed by atoms with Crippen molar-refractivity contribution in [3.05, 3.63) is 0 Å². The summed E-state index contributed by atoms with van der Waals surface area (Å²) in [6.45, 7) is 6.56. The number of amides is 1. The number of carbonyl (C=O) groups excluding carboxylic acids is 1. The molecule has 3 heteroatoms. The van der Waals surface area contributed by atoms with E-state index in [2.05, 4.69) is 26.1 Å². The van der Waals surface area contributed by atoms with Crippen molar-refractivity contribution in [2.75, 3.05) is 6.61 Å². The lowest BCUT2D eigenvalue weighted by molar-refractivity contribution is -0.128. The van der Waals surface area contributed by atoms with E-state index in [0.717, 1.165) is 25.7 Å². The monoisotopic (exact) mass is 255 g/mol. The van der Waals surface area contributed by atoms with E-state index in [0.29, 0.717) is 5.92 Å². The molecule has 1 aliphatic rings. The Hall–Kier alpha value is -0.570. The lowest BCUT2D eigenvalue weighted by Crippen LogP contribution is -2.46. The van der Waals surface area contributed by atoms with Crippen molar-refractivity contribution < 1.29 is 9.90 Å². The van der Waals surface area contributed by atoms with E-state index in [-0.39, 0.29) is 30.4 Å². The molecule has 0 bridgehead atoms. The predicted molar refractivity (Wildman–Crippen MR) is 74.2 cm³/mol. The number of carbonyl (C=O) groups is 1. The third-order valence-corrected chi connectivity index (χ3v) is 4.21. The molecule has 1 rings (SSSR count). The molecular formula is C15H29NO2. The maximum Gasteiger partial charge on any atom is 0.223 e. The molecule has 0 aromatic heterocycles. The van der Waals surface area contributed by atoms with Crippen LogP contribution in [0.5, 0.6) is 0 Å². The summed E-state index contributed by atoms with van der Waals surface area (Å²) < 4.78 is 0. The number of hydrogen-bond acceptors (Lipinski definition) is 2. The third kappa shape index (κ3) is 4.27. The summed E-state index contributed by atoms with van der Waals surface area (Å²) in [6.07, 6.45) is 6.42. The second-order valence-electron chi connectivity index (χ2n) is 5.98. The Morgan fingerprint density at radius 1 is 1.33 bits per heavy atom. The fraction of sp³-hybridized carbons (Fsp3) is 0.933. The van der Waals surface area contributed by atoms with Crippen molar-refractivity contribution in [3.63, 3.8) is 0 Å². The van der Waals surface area contributed by atoms with Gasteiger partial charge in [0, 0.05) is 24.5 Å². The Bertz CT molecular complexity index is 253. The maximum absolute atomic E-state index is 12.3. The van der Waals surface area contributed by atoms with Crippen LogP contribution in [0.25, 0.3) is 0 Å². The quantitative estimate of drug-likeness (QED) is 0.766. The molecule has 106 valence electrons. The fourth-order valence-electron chi connectivity index (χ4n) is 2.98. The van der Waals surface area contributed by atoms with E-state index in [1.54, 1.807) is 0 Å². The molecule has 0 heterocycles. The summed E-state index contributed by atoms with van der Waals surface area (Å²) in [5, 5.41) is 12.6. The molecule has 0 aliphatic heterocycles. The Morgan fingerprint density at radius 3 is 2.56 bits per heavy atom. The smallest absolute Gasteiger partial charge is 0.223 e. The second-order valence-corrected chi connectivity index (χ2v) is 5.98. The van der Waals surface area contributed by atoms with Crippen molar-refractivity contribution in [1.29, 1.82) is 0 Å². The van der Waals surface area contributed by atoms with Crippen LogP contribution in [0.4, 0.5) is 0 Å². The van der Waals surface area contributed by atoms with Crippen molar-refractivity contribution in [1.82, 2.24) is 5.32 Å². The summed E-state index contributed by atoms with van der Waals surface area (Å²) >= 11 is 0. The van der Waals surface area contributed by atoms with E-state index < -0.39 is 0 Å². The second kappa shape index (κ2) is 7.78. The van der Waals surface area contributed by atoms with E-state index in [9.17, 15) is 9.90 Å². The van der Waals surface area contributed by atoms with Gasteiger partial charge in [0.05, 0.1) is 0 Å². The van der Waals surface area contributed by atoms with Crippen LogP contribution in [0.15, 0.2) is 0 Å². The molecule has 3 atom stereocenters. The van der Waals surface area contributed by atoms with Gasteiger partial charge in [-0.15, -0.1) is 0 Å². The van der Waals surface area contributed by atoms with Crippen LogP contribution < -0.4 is 5.32 Å². The van der Waals surface area contributed by atoms with Crippen LogP contribution in [0, 0.1) is 17.8 Å². The molecule has 0 radical (unpaired) electrons. The van der Waals surface area contributed by atoms with Crippen LogP contribution in [0.2, 0.25) is 0 Å². The molecule has 2 N–H and O–H groups in total. The first-order chi connectivity index (χ1) is 8.60. The zero-order valence-corrected chi connectivity index (χ0v) is 12.1. The van der Waals surface area contributed by atoms with E-state index in [1.807, 2.05) is 0 Å². The van der Waals surface area contributed by atoms with Crippen molar-refractivity contribution in [2.24, 2.45) is 17.8 Å². The van der Waals surface area contributed by atoms with Gasteiger partial charge in [0.1, 0.15) is 0 Å². The van der Waals surface area contributed by atoms with Gasteiger partial charge in [0.25, 0.3) is 0 Å². The van der Waals surface area contributed by atoms with E-state index in [1.165, 1.54) is 12.8 Å². The van der Waals surface area contributed by atoms with Crippen molar-refractivity contribution in [2.45, 2.75) is 65.3 Å². The summed E-state index contributed by atoms with van der Waals surface area (Å²) in [5.74, 6) is 0.965. The molecule has 0 aromatic carbocycles. The minimum absolute atomic E-state index is 0.122. The SMILES string of the molecule is CCCC(C(=O)NC1CCCCC1CO)C(C)C. The molecule has 1 fully saturated rings. The molecule has 3 nitrogen and oxygen atoms in total. The normalized spacial score (nSPS) is 26.1. The highest BCUT2D eigenvalue weighted by Gasteiger charge is 2.29. The van der Waals surface area contributed by atoms with Gasteiger partial charge in [-0.3, -0.25) is 4.79 Å².